The van der Waals surface area contributed by atoms with E-state index in [2.05, 4.69) is 43.5 Å². The Morgan fingerprint density at radius 3 is 2.88 bits per heavy atom. The molecule has 2 rings (SSSR count). The molecule has 0 unspecified atom stereocenters. The van der Waals surface area contributed by atoms with Gasteiger partial charge in [0.15, 0.2) is 0 Å². The number of thiophene rings is 1. The van der Waals surface area contributed by atoms with E-state index in [9.17, 15) is 0 Å². The molecule has 0 amide bonds. The number of rotatable bonds is 5. The van der Waals surface area contributed by atoms with E-state index in [4.69, 9.17) is 0 Å². The number of hydrogen-bond acceptors (Lipinski definition) is 5. The Labute approximate surface area is 113 Å². The molecule has 0 radical (unpaired) electrons. The van der Waals surface area contributed by atoms with Gasteiger partial charge in [0.1, 0.15) is 22.4 Å². The van der Waals surface area contributed by atoms with Crippen LogP contribution in [0.5, 0.6) is 0 Å². The van der Waals surface area contributed by atoms with Gasteiger partial charge in [-0.2, -0.15) is 11.3 Å². The molecule has 0 aliphatic rings. The van der Waals surface area contributed by atoms with Crippen LogP contribution < -0.4 is 10.6 Å². The van der Waals surface area contributed by atoms with Gasteiger partial charge >= 0.3 is 0 Å². The van der Waals surface area contributed by atoms with Crippen LogP contribution in [0.25, 0.3) is 0 Å². The molecule has 0 spiro atoms. The van der Waals surface area contributed by atoms with Gasteiger partial charge < -0.3 is 10.6 Å². The number of halogens is 1. The van der Waals surface area contributed by atoms with Crippen LogP contribution in [0.15, 0.2) is 27.6 Å². The predicted molar refractivity (Wildman–Crippen MR) is 76.1 cm³/mol. The second-order valence-corrected chi connectivity index (χ2v) is 5.02. The van der Waals surface area contributed by atoms with Crippen molar-refractivity contribution in [1.82, 2.24) is 9.97 Å². The summed E-state index contributed by atoms with van der Waals surface area (Å²) < 4.78 is 0.861. The lowest BCUT2D eigenvalue weighted by atomic mass is 10.4. The lowest BCUT2D eigenvalue weighted by Gasteiger charge is -2.10. The maximum absolute atomic E-state index is 4.22. The molecular formula is C11H13BrN4S. The normalized spacial score (nSPS) is 10.2. The Morgan fingerprint density at radius 1 is 1.35 bits per heavy atom. The van der Waals surface area contributed by atoms with E-state index in [0.717, 1.165) is 34.8 Å². The summed E-state index contributed by atoms with van der Waals surface area (Å²) in [5, 5.41) is 10.5. The van der Waals surface area contributed by atoms with Gasteiger partial charge in [0.05, 0.1) is 5.69 Å². The van der Waals surface area contributed by atoms with E-state index in [-0.39, 0.29) is 0 Å². The molecular weight excluding hydrogens is 300 g/mol. The Bertz CT molecular complexity index is 472. The quantitative estimate of drug-likeness (QED) is 0.880. The third-order valence-electron chi connectivity index (χ3n) is 2.12. The van der Waals surface area contributed by atoms with E-state index in [1.165, 1.54) is 0 Å². The van der Waals surface area contributed by atoms with Crippen molar-refractivity contribution in [2.75, 3.05) is 17.2 Å². The van der Waals surface area contributed by atoms with Crippen LogP contribution in [0.2, 0.25) is 0 Å². The minimum atomic E-state index is 0.775. The predicted octanol–water partition coefficient (Wildman–Crippen LogP) is 3.87. The number of aromatic nitrogens is 2. The van der Waals surface area contributed by atoms with Gasteiger partial charge in [0, 0.05) is 11.9 Å². The summed E-state index contributed by atoms with van der Waals surface area (Å²) in [6, 6.07) is 2.01. The molecule has 4 nitrogen and oxygen atoms in total. The van der Waals surface area contributed by atoms with Crippen LogP contribution >= 0.6 is 27.3 Å². The Morgan fingerprint density at radius 2 is 2.18 bits per heavy atom. The highest BCUT2D eigenvalue weighted by atomic mass is 79.9. The zero-order valence-electron chi connectivity index (χ0n) is 9.40. The molecule has 0 saturated heterocycles. The highest BCUT2D eigenvalue weighted by Gasteiger charge is 2.08. The molecule has 0 aliphatic carbocycles. The molecule has 17 heavy (non-hydrogen) atoms. The van der Waals surface area contributed by atoms with Gasteiger partial charge in [-0.05, 0) is 33.8 Å². The van der Waals surface area contributed by atoms with Crippen molar-refractivity contribution < 1.29 is 0 Å². The number of nitrogens with zero attached hydrogens (tertiary/aromatic N) is 2. The second kappa shape index (κ2) is 5.97. The van der Waals surface area contributed by atoms with Crippen LogP contribution in [0, 0.1) is 0 Å². The third kappa shape index (κ3) is 3.17. The fraction of sp³-hybridized carbons (Fsp3) is 0.273. The van der Waals surface area contributed by atoms with E-state index in [1.54, 1.807) is 17.7 Å². The third-order valence-corrected chi connectivity index (χ3v) is 3.55. The molecule has 6 heteroatoms. The van der Waals surface area contributed by atoms with Crippen LogP contribution in [-0.4, -0.2) is 16.5 Å². The SMILES string of the molecule is CCCNc1ncnc(Nc2ccsc2)c1Br. The summed E-state index contributed by atoms with van der Waals surface area (Å²) in [6.45, 7) is 3.01. The minimum absolute atomic E-state index is 0.775. The molecule has 0 bridgehead atoms. The maximum Gasteiger partial charge on any atom is 0.150 e. The summed E-state index contributed by atoms with van der Waals surface area (Å²) >= 11 is 5.16. The first-order valence-corrected chi connectivity index (χ1v) is 7.08. The van der Waals surface area contributed by atoms with Crippen molar-refractivity contribution in [1.29, 1.82) is 0 Å². The molecule has 2 heterocycles. The monoisotopic (exact) mass is 312 g/mol. The maximum atomic E-state index is 4.22. The molecule has 0 atom stereocenters. The first kappa shape index (κ1) is 12.3. The minimum Gasteiger partial charge on any atom is -0.369 e. The molecule has 2 N–H and O–H groups in total. The summed E-state index contributed by atoms with van der Waals surface area (Å²) in [5.74, 6) is 1.59. The Hall–Kier alpha value is -1.14. The average Bonchev–Trinajstić information content (AvgIpc) is 2.83. The van der Waals surface area contributed by atoms with E-state index < -0.39 is 0 Å². The lowest BCUT2D eigenvalue weighted by Crippen LogP contribution is -2.05. The van der Waals surface area contributed by atoms with Gasteiger partial charge in [-0.15, -0.1) is 0 Å². The Balaban J connectivity index is 2.17. The first-order chi connectivity index (χ1) is 8.31. The van der Waals surface area contributed by atoms with Gasteiger partial charge in [0.2, 0.25) is 0 Å². The number of anilines is 3. The topological polar surface area (TPSA) is 49.8 Å². The van der Waals surface area contributed by atoms with E-state index in [0.29, 0.717) is 0 Å². The number of hydrogen-bond donors (Lipinski definition) is 2. The van der Waals surface area contributed by atoms with Gasteiger partial charge in [-0.1, -0.05) is 6.92 Å². The van der Waals surface area contributed by atoms with Gasteiger partial charge in [0.25, 0.3) is 0 Å². The van der Waals surface area contributed by atoms with Crippen LogP contribution in [0.1, 0.15) is 13.3 Å². The molecule has 0 aliphatic heterocycles. The van der Waals surface area contributed by atoms with Crippen molar-refractivity contribution in [3.05, 3.63) is 27.6 Å². The average molecular weight is 313 g/mol. The zero-order chi connectivity index (χ0) is 12.1. The van der Waals surface area contributed by atoms with Crippen molar-refractivity contribution in [3.8, 4) is 0 Å². The fourth-order valence-corrected chi connectivity index (χ4v) is 2.33. The molecule has 90 valence electrons. The lowest BCUT2D eigenvalue weighted by molar-refractivity contribution is 0.962. The summed E-state index contributed by atoms with van der Waals surface area (Å²) in [6.07, 6.45) is 2.61. The van der Waals surface area contributed by atoms with Gasteiger partial charge in [-0.3, -0.25) is 0 Å². The zero-order valence-corrected chi connectivity index (χ0v) is 11.8. The van der Waals surface area contributed by atoms with Crippen molar-refractivity contribution in [2.45, 2.75) is 13.3 Å². The Kier molecular flexibility index (Phi) is 4.33. The van der Waals surface area contributed by atoms with Crippen LogP contribution in [-0.2, 0) is 0 Å². The van der Waals surface area contributed by atoms with Crippen molar-refractivity contribution in [3.63, 3.8) is 0 Å². The summed E-state index contributed by atoms with van der Waals surface area (Å²) in [5.41, 5.74) is 1.04. The van der Waals surface area contributed by atoms with E-state index in [1.807, 2.05) is 16.8 Å². The molecule has 2 aromatic heterocycles. The van der Waals surface area contributed by atoms with E-state index >= 15 is 0 Å². The highest BCUT2D eigenvalue weighted by molar-refractivity contribution is 9.10. The second-order valence-electron chi connectivity index (χ2n) is 3.45. The molecule has 0 saturated carbocycles. The fourth-order valence-electron chi connectivity index (χ4n) is 1.30. The molecule has 0 aromatic carbocycles. The molecule has 0 fully saturated rings. The van der Waals surface area contributed by atoms with Crippen molar-refractivity contribution in [2.24, 2.45) is 0 Å². The largest absolute Gasteiger partial charge is 0.369 e. The van der Waals surface area contributed by atoms with Crippen LogP contribution in [0.3, 0.4) is 0 Å². The van der Waals surface area contributed by atoms with Gasteiger partial charge in [-0.25, -0.2) is 9.97 Å². The summed E-state index contributed by atoms with van der Waals surface area (Å²) in [7, 11) is 0. The first-order valence-electron chi connectivity index (χ1n) is 5.35. The molecule has 2 aromatic rings. The standard InChI is InChI=1S/C11H13BrN4S/c1-2-4-13-10-9(12)11(15-7-14-10)16-8-3-5-17-6-8/h3,5-7H,2,4H2,1H3,(H2,13,14,15,16). The number of nitrogens with one attached hydrogen (secondary N) is 2. The highest BCUT2D eigenvalue weighted by Crippen LogP contribution is 2.29. The smallest absolute Gasteiger partial charge is 0.150 e. The summed E-state index contributed by atoms with van der Waals surface area (Å²) in [4.78, 5) is 8.42. The van der Waals surface area contributed by atoms with Crippen molar-refractivity contribution >= 4 is 44.6 Å². The van der Waals surface area contributed by atoms with Crippen LogP contribution in [0.4, 0.5) is 17.3 Å².